The first kappa shape index (κ1) is 21.7. The van der Waals surface area contributed by atoms with Crippen molar-refractivity contribution in [2.45, 2.75) is 19.8 Å². The van der Waals surface area contributed by atoms with Crippen LogP contribution in [0.25, 0.3) is 0 Å². The molecule has 0 aliphatic carbocycles. The SMILES string of the molecule is O=C(CNC(=O)c1cccc(Br)c1)NCc1ccccc1COCc1ccccc1. The van der Waals surface area contributed by atoms with Gasteiger partial charge in [-0.25, -0.2) is 0 Å². The molecule has 0 unspecified atom stereocenters. The standard InChI is InChI=1S/C24H23BrN2O3/c25-22-12-6-11-19(13-22)24(29)27-15-23(28)26-14-20-9-4-5-10-21(20)17-30-16-18-7-2-1-3-8-18/h1-13H,14-17H2,(H,26,28)(H,27,29). The number of amides is 2. The van der Waals surface area contributed by atoms with E-state index in [0.717, 1.165) is 21.2 Å². The Morgan fingerprint density at radius 3 is 2.30 bits per heavy atom. The van der Waals surface area contributed by atoms with Crippen molar-refractivity contribution in [2.24, 2.45) is 0 Å². The summed E-state index contributed by atoms with van der Waals surface area (Å²) >= 11 is 3.33. The lowest BCUT2D eigenvalue weighted by Gasteiger charge is -2.12. The van der Waals surface area contributed by atoms with Crippen LogP contribution in [-0.2, 0) is 29.3 Å². The van der Waals surface area contributed by atoms with Crippen molar-refractivity contribution in [3.63, 3.8) is 0 Å². The molecule has 0 aliphatic heterocycles. The lowest BCUT2D eigenvalue weighted by Crippen LogP contribution is -2.36. The van der Waals surface area contributed by atoms with Crippen LogP contribution in [0.4, 0.5) is 0 Å². The third kappa shape index (κ3) is 6.83. The van der Waals surface area contributed by atoms with E-state index in [1.165, 1.54) is 0 Å². The molecule has 0 saturated heterocycles. The molecule has 3 aromatic rings. The molecule has 154 valence electrons. The van der Waals surface area contributed by atoms with E-state index in [9.17, 15) is 9.59 Å². The van der Waals surface area contributed by atoms with Gasteiger partial charge in [-0.15, -0.1) is 0 Å². The zero-order chi connectivity index (χ0) is 21.2. The fourth-order valence-electron chi connectivity index (χ4n) is 2.87. The van der Waals surface area contributed by atoms with E-state index in [0.29, 0.717) is 25.3 Å². The molecular weight excluding hydrogens is 444 g/mol. The van der Waals surface area contributed by atoms with Crippen LogP contribution in [0, 0.1) is 0 Å². The predicted molar refractivity (Wildman–Crippen MR) is 120 cm³/mol. The monoisotopic (exact) mass is 466 g/mol. The average Bonchev–Trinajstić information content (AvgIpc) is 2.77. The van der Waals surface area contributed by atoms with Crippen LogP contribution in [0.3, 0.4) is 0 Å². The van der Waals surface area contributed by atoms with E-state index in [1.807, 2.05) is 60.7 Å². The summed E-state index contributed by atoms with van der Waals surface area (Å²) in [7, 11) is 0. The maximum Gasteiger partial charge on any atom is 0.251 e. The van der Waals surface area contributed by atoms with Gasteiger partial charge >= 0.3 is 0 Å². The first-order valence-corrected chi connectivity index (χ1v) is 10.4. The number of halogens is 1. The highest BCUT2D eigenvalue weighted by molar-refractivity contribution is 9.10. The summed E-state index contributed by atoms with van der Waals surface area (Å²) in [4.78, 5) is 24.3. The summed E-state index contributed by atoms with van der Waals surface area (Å²) in [5.41, 5.74) is 3.62. The molecule has 0 bridgehead atoms. The van der Waals surface area contributed by atoms with E-state index in [2.05, 4.69) is 26.6 Å². The van der Waals surface area contributed by atoms with Crippen LogP contribution in [0.1, 0.15) is 27.0 Å². The molecule has 0 radical (unpaired) electrons. The fraction of sp³-hybridized carbons (Fsp3) is 0.167. The molecule has 0 spiro atoms. The van der Waals surface area contributed by atoms with Crippen LogP contribution in [-0.4, -0.2) is 18.4 Å². The fourth-order valence-corrected chi connectivity index (χ4v) is 3.27. The molecule has 5 nitrogen and oxygen atoms in total. The summed E-state index contributed by atoms with van der Waals surface area (Å²) in [6, 6.07) is 24.8. The van der Waals surface area contributed by atoms with Gasteiger partial charge in [0.2, 0.25) is 5.91 Å². The van der Waals surface area contributed by atoms with Gasteiger partial charge in [-0.2, -0.15) is 0 Å². The van der Waals surface area contributed by atoms with E-state index in [1.54, 1.807) is 18.2 Å². The zero-order valence-corrected chi connectivity index (χ0v) is 18.0. The molecule has 2 amide bonds. The Bertz CT molecular complexity index is 993. The minimum atomic E-state index is -0.291. The van der Waals surface area contributed by atoms with Gasteiger partial charge in [-0.3, -0.25) is 9.59 Å². The number of nitrogens with one attached hydrogen (secondary N) is 2. The number of hydrogen-bond acceptors (Lipinski definition) is 3. The number of benzene rings is 3. The lowest BCUT2D eigenvalue weighted by molar-refractivity contribution is -0.120. The van der Waals surface area contributed by atoms with Crippen molar-refractivity contribution < 1.29 is 14.3 Å². The predicted octanol–water partition coefficient (Wildman–Crippen LogP) is 4.21. The van der Waals surface area contributed by atoms with Gasteiger partial charge in [0.25, 0.3) is 5.91 Å². The van der Waals surface area contributed by atoms with Gasteiger partial charge in [0, 0.05) is 16.6 Å². The first-order chi connectivity index (χ1) is 14.6. The third-order valence-electron chi connectivity index (χ3n) is 4.46. The summed E-state index contributed by atoms with van der Waals surface area (Å²) in [6.45, 7) is 1.28. The molecule has 0 fully saturated rings. The molecule has 0 aliphatic rings. The van der Waals surface area contributed by atoms with E-state index in [-0.39, 0.29) is 18.4 Å². The third-order valence-corrected chi connectivity index (χ3v) is 4.95. The first-order valence-electron chi connectivity index (χ1n) is 9.61. The van der Waals surface area contributed by atoms with Crippen molar-refractivity contribution >= 4 is 27.7 Å². The smallest absolute Gasteiger partial charge is 0.251 e. The Morgan fingerprint density at radius 2 is 1.53 bits per heavy atom. The molecule has 6 heteroatoms. The maximum absolute atomic E-state index is 12.2. The van der Waals surface area contributed by atoms with Gasteiger partial charge < -0.3 is 15.4 Å². The minimum absolute atomic E-state index is 0.0853. The molecule has 0 heterocycles. The Kier molecular flexibility index (Phi) is 8.18. The Morgan fingerprint density at radius 1 is 0.800 bits per heavy atom. The number of hydrogen-bond donors (Lipinski definition) is 2. The van der Waals surface area contributed by atoms with Crippen LogP contribution in [0.5, 0.6) is 0 Å². The van der Waals surface area contributed by atoms with Gasteiger partial charge in [-0.1, -0.05) is 76.6 Å². The second kappa shape index (κ2) is 11.3. The Labute approximate surface area is 184 Å². The molecule has 0 aromatic heterocycles. The highest BCUT2D eigenvalue weighted by Crippen LogP contribution is 2.12. The summed E-state index contributed by atoms with van der Waals surface area (Å²) in [5, 5.41) is 5.48. The topological polar surface area (TPSA) is 67.4 Å². The van der Waals surface area contributed by atoms with Crippen LogP contribution in [0.2, 0.25) is 0 Å². The lowest BCUT2D eigenvalue weighted by atomic mass is 10.1. The molecule has 0 atom stereocenters. The van der Waals surface area contributed by atoms with Gasteiger partial charge in [0.1, 0.15) is 0 Å². The van der Waals surface area contributed by atoms with Crippen LogP contribution < -0.4 is 10.6 Å². The number of rotatable bonds is 9. The number of ether oxygens (including phenoxy) is 1. The largest absolute Gasteiger partial charge is 0.372 e. The minimum Gasteiger partial charge on any atom is -0.372 e. The maximum atomic E-state index is 12.2. The van der Waals surface area contributed by atoms with Crippen molar-refractivity contribution in [1.29, 1.82) is 0 Å². The molecule has 3 rings (SSSR count). The quantitative estimate of drug-likeness (QED) is 0.496. The highest BCUT2D eigenvalue weighted by Gasteiger charge is 2.09. The molecule has 3 aromatic carbocycles. The zero-order valence-electron chi connectivity index (χ0n) is 16.4. The molecule has 2 N–H and O–H groups in total. The number of carbonyl (C=O) groups is 2. The van der Waals surface area contributed by atoms with E-state index < -0.39 is 0 Å². The second-order valence-electron chi connectivity index (χ2n) is 6.72. The second-order valence-corrected chi connectivity index (χ2v) is 7.63. The van der Waals surface area contributed by atoms with Crippen molar-refractivity contribution in [3.05, 3.63) is 106 Å². The van der Waals surface area contributed by atoms with E-state index in [4.69, 9.17) is 4.74 Å². The van der Waals surface area contributed by atoms with Crippen molar-refractivity contribution in [3.8, 4) is 0 Å². The molecule has 30 heavy (non-hydrogen) atoms. The summed E-state index contributed by atoms with van der Waals surface area (Å²) < 4.78 is 6.63. The molecular formula is C24H23BrN2O3. The van der Waals surface area contributed by atoms with Crippen LogP contribution in [0.15, 0.2) is 83.3 Å². The Balaban J connectivity index is 1.45. The van der Waals surface area contributed by atoms with Crippen molar-refractivity contribution in [2.75, 3.05) is 6.54 Å². The Hall–Kier alpha value is -2.96. The van der Waals surface area contributed by atoms with Gasteiger partial charge in [0.15, 0.2) is 0 Å². The highest BCUT2D eigenvalue weighted by atomic mass is 79.9. The van der Waals surface area contributed by atoms with Gasteiger partial charge in [-0.05, 0) is 34.9 Å². The van der Waals surface area contributed by atoms with E-state index >= 15 is 0 Å². The van der Waals surface area contributed by atoms with Crippen LogP contribution >= 0.6 is 15.9 Å². The normalized spacial score (nSPS) is 10.4. The number of carbonyl (C=O) groups excluding carboxylic acids is 2. The summed E-state index contributed by atoms with van der Waals surface area (Å²) in [6.07, 6.45) is 0. The van der Waals surface area contributed by atoms with Crippen molar-refractivity contribution in [1.82, 2.24) is 10.6 Å². The van der Waals surface area contributed by atoms with Gasteiger partial charge in [0.05, 0.1) is 19.8 Å². The average molecular weight is 467 g/mol. The summed E-state index contributed by atoms with van der Waals surface area (Å²) in [5.74, 6) is -0.542. The molecule has 0 saturated carbocycles.